The number of pyridine rings is 1. The third-order valence-electron chi connectivity index (χ3n) is 4.94. The standard InChI is InChI=1S/C23H17N3O5S/c1-29-16-11-14(6-7-15(16)27)20-22(26-8-4-3-5-19(26)25-20)24-12-13-9-17(30-2)21-18(10-13)32-23(28)31-21/h3-12,27H,1-2H3. The number of benzene rings is 2. The Morgan fingerprint density at radius 2 is 1.97 bits per heavy atom. The summed E-state index contributed by atoms with van der Waals surface area (Å²) in [6.07, 6.45) is 3.56. The molecule has 5 aromatic rings. The number of aliphatic imine (C=N–C) groups is 1. The molecule has 32 heavy (non-hydrogen) atoms. The van der Waals surface area contributed by atoms with Crippen molar-refractivity contribution in [3.8, 4) is 28.5 Å². The zero-order valence-electron chi connectivity index (χ0n) is 17.1. The van der Waals surface area contributed by atoms with Gasteiger partial charge in [-0.3, -0.25) is 4.40 Å². The number of aromatic nitrogens is 2. The van der Waals surface area contributed by atoms with Crippen LogP contribution in [0.15, 0.2) is 68.9 Å². The van der Waals surface area contributed by atoms with E-state index in [0.29, 0.717) is 33.3 Å². The first kappa shape index (κ1) is 19.8. The van der Waals surface area contributed by atoms with Gasteiger partial charge in [-0.2, -0.15) is 0 Å². The van der Waals surface area contributed by atoms with Crippen molar-refractivity contribution in [1.82, 2.24) is 9.38 Å². The third kappa shape index (κ3) is 3.38. The van der Waals surface area contributed by atoms with Gasteiger partial charge >= 0.3 is 4.94 Å². The fourth-order valence-corrected chi connectivity index (χ4v) is 4.19. The van der Waals surface area contributed by atoms with E-state index in [2.05, 4.69) is 0 Å². The molecule has 0 atom stereocenters. The van der Waals surface area contributed by atoms with Crippen LogP contribution in [0.2, 0.25) is 0 Å². The molecular formula is C23H17N3O5S. The summed E-state index contributed by atoms with van der Waals surface area (Å²) in [4.78, 5) is 20.7. The zero-order chi connectivity index (χ0) is 22.2. The van der Waals surface area contributed by atoms with Gasteiger partial charge in [0.1, 0.15) is 11.3 Å². The Morgan fingerprint density at radius 1 is 1.12 bits per heavy atom. The van der Waals surface area contributed by atoms with E-state index in [0.717, 1.165) is 28.1 Å². The largest absolute Gasteiger partial charge is 0.504 e. The first-order chi connectivity index (χ1) is 15.6. The maximum atomic E-state index is 11.7. The molecule has 0 unspecified atom stereocenters. The quantitative estimate of drug-likeness (QED) is 0.394. The molecule has 3 aromatic heterocycles. The highest BCUT2D eigenvalue weighted by Crippen LogP contribution is 2.36. The number of nitrogens with zero attached hydrogens (tertiary/aromatic N) is 3. The molecule has 0 spiro atoms. The molecule has 1 N–H and O–H groups in total. The molecule has 0 fully saturated rings. The SMILES string of the molecule is COc1cc(-c2nc3ccccn3c2N=Cc2cc(OC)c3oc(=O)sc3c2)ccc1O. The molecule has 8 nitrogen and oxygen atoms in total. The van der Waals surface area contributed by atoms with E-state index in [1.807, 2.05) is 34.9 Å². The molecular weight excluding hydrogens is 430 g/mol. The smallest absolute Gasteiger partial charge is 0.396 e. The number of rotatable bonds is 5. The lowest BCUT2D eigenvalue weighted by Gasteiger charge is -2.06. The summed E-state index contributed by atoms with van der Waals surface area (Å²) in [6, 6.07) is 14.3. The average Bonchev–Trinajstić information content (AvgIpc) is 3.37. The average molecular weight is 447 g/mol. The van der Waals surface area contributed by atoms with Gasteiger partial charge in [0.25, 0.3) is 0 Å². The summed E-state index contributed by atoms with van der Waals surface area (Å²) < 4.78 is 18.4. The third-order valence-corrected chi connectivity index (χ3v) is 5.71. The number of phenolic OH excluding ortho intramolecular Hbond substituents is 1. The highest BCUT2D eigenvalue weighted by Gasteiger charge is 2.16. The minimum Gasteiger partial charge on any atom is -0.504 e. The molecule has 9 heteroatoms. The van der Waals surface area contributed by atoms with Crippen molar-refractivity contribution in [1.29, 1.82) is 0 Å². The number of fused-ring (bicyclic) bond motifs is 2. The Kier molecular flexibility index (Phi) is 4.87. The molecule has 5 rings (SSSR count). The maximum Gasteiger partial charge on any atom is 0.396 e. The summed E-state index contributed by atoms with van der Waals surface area (Å²) in [5.41, 5.74) is 3.27. The van der Waals surface area contributed by atoms with E-state index < -0.39 is 4.94 Å². The molecule has 0 radical (unpaired) electrons. The molecule has 2 aromatic carbocycles. The molecule has 0 aliphatic rings. The Labute approximate surface area is 185 Å². The van der Waals surface area contributed by atoms with Gasteiger partial charge in [-0.05, 0) is 48.0 Å². The number of hydrogen-bond acceptors (Lipinski definition) is 8. The molecule has 0 aliphatic carbocycles. The van der Waals surface area contributed by atoms with Crippen LogP contribution in [-0.4, -0.2) is 34.9 Å². The van der Waals surface area contributed by atoms with E-state index in [1.54, 1.807) is 30.5 Å². The van der Waals surface area contributed by atoms with Crippen molar-refractivity contribution in [2.24, 2.45) is 4.99 Å². The Bertz CT molecular complexity index is 1550. The summed E-state index contributed by atoms with van der Waals surface area (Å²) in [7, 11) is 3.02. The second-order valence-electron chi connectivity index (χ2n) is 6.86. The maximum absolute atomic E-state index is 11.7. The summed E-state index contributed by atoms with van der Waals surface area (Å²) in [5, 5.41) is 9.96. The lowest BCUT2D eigenvalue weighted by Crippen LogP contribution is -1.89. The van der Waals surface area contributed by atoms with Crippen molar-refractivity contribution in [2.75, 3.05) is 14.2 Å². The molecule has 0 amide bonds. The van der Waals surface area contributed by atoms with Crippen molar-refractivity contribution >= 4 is 39.3 Å². The van der Waals surface area contributed by atoms with Gasteiger partial charge in [-0.15, -0.1) is 0 Å². The van der Waals surface area contributed by atoms with Crippen molar-refractivity contribution in [3.05, 3.63) is 70.0 Å². The number of imidazole rings is 1. The van der Waals surface area contributed by atoms with Gasteiger partial charge < -0.3 is 19.0 Å². The first-order valence-electron chi connectivity index (χ1n) is 9.57. The van der Waals surface area contributed by atoms with Gasteiger partial charge in [0, 0.05) is 18.0 Å². The lowest BCUT2D eigenvalue weighted by molar-refractivity contribution is 0.373. The minimum atomic E-state index is -0.391. The Morgan fingerprint density at radius 3 is 2.78 bits per heavy atom. The molecule has 0 aliphatic heterocycles. The van der Waals surface area contributed by atoms with E-state index in [9.17, 15) is 9.90 Å². The number of phenols is 1. The van der Waals surface area contributed by atoms with Crippen molar-refractivity contribution < 1.29 is 19.0 Å². The lowest BCUT2D eigenvalue weighted by atomic mass is 10.1. The number of methoxy groups -OCH3 is 2. The molecule has 3 heterocycles. The van der Waals surface area contributed by atoms with Crippen molar-refractivity contribution in [3.63, 3.8) is 0 Å². The Hall–Kier alpha value is -4.11. The first-order valence-corrected chi connectivity index (χ1v) is 10.4. The predicted octanol–water partition coefficient (Wildman–Crippen LogP) is 4.64. The predicted molar refractivity (Wildman–Crippen MR) is 123 cm³/mol. The van der Waals surface area contributed by atoms with E-state index in [1.165, 1.54) is 14.2 Å². The van der Waals surface area contributed by atoms with Crippen LogP contribution in [0.25, 0.3) is 27.2 Å². The monoisotopic (exact) mass is 447 g/mol. The second kappa shape index (κ2) is 7.86. The van der Waals surface area contributed by atoms with E-state index in [4.69, 9.17) is 23.9 Å². The second-order valence-corrected chi connectivity index (χ2v) is 7.84. The van der Waals surface area contributed by atoms with Crippen LogP contribution in [0, 0.1) is 0 Å². The molecule has 160 valence electrons. The highest BCUT2D eigenvalue weighted by atomic mass is 32.1. The highest BCUT2D eigenvalue weighted by molar-refractivity contribution is 7.16. The van der Waals surface area contributed by atoms with E-state index >= 15 is 0 Å². The fourth-order valence-electron chi connectivity index (χ4n) is 3.45. The number of hydrogen-bond donors (Lipinski definition) is 1. The normalized spacial score (nSPS) is 11.6. The van der Waals surface area contributed by atoms with Crippen LogP contribution in [0.5, 0.6) is 17.2 Å². The van der Waals surface area contributed by atoms with Crippen LogP contribution in [0.1, 0.15) is 5.56 Å². The molecule has 0 bridgehead atoms. The van der Waals surface area contributed by atoms with Gasteiger partial charge in [-0.25, -0.2) is 14.8 Å². The van der Waals surface area contributed by atoms with Crippen molar-refractivity contribution in [2.45, 2.75) is 0 Å². The minimum absolute atomic E-state index is 0.0459. The fraction of sp³-hybridized carbons (Fsp3) is 0.0870. The summed E-state index contributed by atoms with van der Waals surface area (Å²) in [5.74, 6) is 1.46. The summed E-state index contributed by atoms with van der Waals surface area (Å²) in [6.45, 7) is 0. The van der Waals surface area contributed by atoms with Crippen LogP contribution in [0.4, 0.5) is 5.82 Å². The topological polar surface area (TPSA) is 98.6 Å². The number of aromatic hydroxyl groups is 1. The summed E-state index contributed by atoms with van der Waals surface area (Å²) >= 11 is 1.01. The van der Waals surface area contributed by atoms with Gasteiger partial charge in [0.05, 0.1) is 18.9 Å². The van der Waals surface area contributed by atoms with Gasteiger partial charge in [0.15, 0.2) is 28.6 Å². The number of ether oxygens (including phenoxy) is 2. The zero-order valence-corrected chi connectivity index (χ0v) is 17.9. The van der Waals surface area contributed by atoms with Gasteiger partial charge in [-0.1, -0.05) is 17.4 Å². The van der Waals surface area contributed by atoms with Crippen LogP contribution >= 0.6 is 11.3 Å². The van der Waals surface area contributed by atoms with Crippen LogP contribution in [-0.2, 0) is 0 Å². The van der Waals surface area contributed by atoms with E-state index in [-0.39, 0.29) is 5.75 Å². The molecule has 0 saturated heterocycles. The Balaban J connectivity index is 1.66. The molecule has 0 saturated carbocycles. The van der Waals surface area contributed by atoms with Gasteiger partial charge in [0.2, 0.25) is 0 Å². The van der Waals surface area contributed by atoms with Crippen LogP contribution < -0.4 is 14.4 Å². The van der Waals surface area contributed by atoms with Crippen LogP contribution in [0.3, 0.4) is 0 Å².